The van der Waals surface area contributed by atoms with E-state index >= 15 is 0 Å². The quantitative estimate of drug-likeness (QED) is 0.864. The Labute approximate surface area is 106 Å². The molecule has 0 saturated carbocycles. The number of fused-ring (bicyclic) bond motifs is 1. The zero-order valence-corrected chi connectivity index (χ0v) is 10.6. The minimum Gasteiger partial charge on any atom is -0.493 e. The third kappa shape index (κ3) is 2.57. The van der Waals surface area contributed by atoms with E-state index in [1.807, 2.05) is 19.1 Å². The van der Waals surface area contributed by atoms with Gasteiger partial charge < -0.3 is 14.9 Å². The van der Waals surface area contributed by atoms with Gasteiger partial charge in [-0.15, -0.1) is 0 Å². The van der Waals surface area contributed by atoms with Crippen LogP contribution in [0.4, 0.5) is 0 Å². The maximum absolute atomic E-state index is 9.33. The summed E-state index contributed by atoms with van der Waals surface area (Å²) < 4.78 is 5.60. The lowest BCUT2D eigenvalue weighted by Crippen LogP contribution is -2.28. The Morgan fingerprint density at radius 3 is 2.71 bits per heavy atom. The van der Waals surface area contributed by atoms with Crippen molar-refractivity contribution in [2.45, 2.75) is 19.8 Å². The number of aliphatic hydroxyl groups excluding tert-OH is 2. The fraction of sp³-hybridized carbons (Fsp3) is 0.538. The fourth-order valence-corrected chi connectivity index (χ4v) is 2.36. The van der Waals surface area contributed by atoms with Crippen molar-refractivity contribution < 1.29 is 14.9 Å². The summed E-state index contributed by atoms with van der Waals surface area (Å²) in [6, 6.07) is 3.78. The molecule has 3 nitrogen and oxygen atoms in total. The number of rotatable bonds is 4. The molecule has 0 spiro atoms. The predicted molar refractivity (Wildman–Crippen MR) is 66.6 cm³/mol. The molecule has 2 rings (SSSR count). The molecule has 0 aromatic heterocycles. The first-order valence-electron chi connectivity index (χ1n) is 5.74. The molecule has 2 N–H and O–H groups in total. The van der Waals surface area contributed by atoms with Crippen LogP contribution in [0.15, 0.2) is 12.1 Å². The van der Waals surface area contributed by atoms with Crippen LogP contribution in [-0.2, 0) is 12.8 Å². The summed E-state index contributed by atoms with van der Waals surface area (Å²) in [7, 11) is 0. The van der Waals surface area contributed by atoms with Gasteiger partial charge in [0, 0.05) is 16.9 Å². The first-order valence-corrected chi connectivity index (χ1v) is 6.11. The van der Waals surface area contributed by atoms with Gasteiger partial charge in [0.05, 0.1) is 19.8 Å². The van der Waals surface area contributed by atoms with Crippen molar-refractivity contribution in [1.82, 2.24) is 0 Å². The fourth-order valence-electron chi connectivity index (χ4n) is 2.10. The molecule has 0 unspecified atom stereocenters. The van der Waals surface area contributed by atoms with Crippen LogP contribution < -0.4 is 4.74 Å². The second-order valence-corrected chi connectivity index (χ2v) is 5.39. The molecule has 0 aliphatic carbocycles. The van der Waals surface area contributed by atoms with E-state index in [-0.39, 0.29) is 13.2 Å². The average Bonchev–Trinajstić information content (AvgIpc) is 2.77. The summed E-state index contributed by atoms with van der Waals surface area (Å²) >= 11 is 6.06. The number of benzene rings is 1. The minimum absolute atomic E-state index is 0.0647. The molecule has 0 atom stereocenters. The standard InChI is InChI=1S/C13H17ClO3/c1-13(7-15,8-16)6-10-5-11(14)4-9-2-3-17-12(9)10/h4-5,15-16H,2-3,6-8H2,1H3. The van der Waals surface area contributed by atoms with E-state index in [9.17, 15) is 10.2 Å². The highest BCUT2D eigenvalue weighted by molar-refractivity contribution is 6.30. The van der Waals surface area contributed by atoms with Crippen molar-refractivity contribution in [2.75, 3.05) is 19.8 Å². The van der Waals surface area contributed by atoms with E-state index < -0.39 is 5.41 Å². The van der Waals surface area contributed by atoms with Gasteiger partial charge in [0.25, 0.3) is 0 Å². The normalized spacial score (nSPS) is 14.6. The van der Waals surface area contributed by atoms with E-state index in [1.165, 1.54) is 0 Å². The van der Waals surface area contributed by atoms with E-state index in [0.717, 1.165) is 23.3 Å². The van der Waals surface area contributed by atoms with Crippen LogP contribution in [0.3, 0.4) is 0 Å². The van der Waals surface area contributed by atoms with Gasteiger partial charge in [-0.25, -0.2) is 0 Å². The monoisotopic (exact) mass is 256 g/mol. The van der Waals surface area contributed by atoms with E-state index in [0.29, 0.717) is 18.1 Å². The Morgan fingerprint density at radius 1 is 1.35 bits per heavy atom. The van der Waals surface area contributed by atoms with Crippen LogP contribution in [0, 0.1) is 5.41 Å². The van der Waals surface area contributed by atoms with Crippen molar-refractivity contribution in [3.63, 3.8) is 0 Å². The lowest BCUT2D eigenvalue weighted by Gasteiger charge is -2.25. The first-order chi connectivity index (χ1) is 8.08. The molecule has 0 bridgehead atoms. The summed E-state index contributed by atoms with van der Waals surface area (Å²) in [6.07, 6.45) is 1.43. The second-order valence-electron chi connectivity index (χ2n) is 4.96. The lowest BCUT2D eigenvalue weighted by molar-refractivity contribution is 0.0699. The highest BCUT2D eigenvalue weighted by Gasteiger charge is 2.27. The minimum atomic E-state index is -0.537. The number of aliphatic hydroxyl groups is 2. The average molecular weight is 257 g/mol. The SMILES string of the molecule is CC(CO)(CO)Cc1cc(Cl)cc2c1OCC2. The molecule has 1 aromatic carbocycles. The maximum Gasteiger partial charge on any atom is 0.125 e. The number of ether oxygens (including phenoxy) is 1. The zero-order chi connectivity index (χ0) is 12.5. The molecule has 17 heavy (non-hydrogen) atoms. The van der Waals surface area contributed by atoms with Crippen LogP contribution in [0.1, 0.15) is 18.1 Å². The van der Waals surface area contributed by atoms with Gasteiger partial charge in [-0.3, -0.25) is 0 Å². The van der Waals surface area contributed by atoms with Crippen LogP contribution in [0.5, 0.6) is 5.75 Å². The van der Waals surface area contributed by atoms with Gasteiger partial charge >= 0.3 is 0 Å². The Balaban J connectivity index is 2.33. The van der Waals surface area contributed by atoms with Crippen LogP contribution >= 0.6 is 11.6 Å². The number of hydrogen-bond donors (Lipinski definition) is 2. The number of hydrogen-bond acceptors (Lipinski definition) is 3. The summed E-state index contributed by atoms with van der Waals surface area (Å²) in [4.78, 5) is 0. The Hall–Kier alpha value is -0.770. The largest absolute Gasteiger partial charge is 0.493 e. The van der Waals surface area contributed by atoms with Crippen LogP contribution in [0.2, 0.25) is 5.02 Å². The molecule has 1 aliphatic heterocycles. The van der Waals surface area contributed by atoms with Crippen molar-refractivity contribution in [3.8, 4) is 5.75 Å². The molecule has 94 valence electrons. The molecule has 1 aliphatic rings. The van der Waals surface area contributed by atoms with E-state index in [4.69, 9.17) is 16.3 Å². The van der Waals surface area contributed by atoms with E-state index in [1.54, 1.807) is 0 Å². The third-order valence-electron chi connectivity index (χ3n) is 3.21. The van der Waals surface area contributed by atoms with Gasteiger partial charge in [-0.2, -0.15) is 0 Å². The predicted octanol–water partition coefficient (Wildman–Crippen LogP) is 1.81. The van der Waals surface area contributed by atoms with Crippen molar-refractivity contribution in [1.29, 1.82) is 0 Å². The molecule has 1 heterocycles. The van der Waals surface area contributed by atoms with Gasteiger partial charge in [0.1, 0.15) is 5.75 Å². The maximum atomic E-state index is 9.33. The second kappa shape index (κ2) is 4.84. The molecular formula is C13H17ClO3. The van der Waals surface area contributed by atoms with Crippen molar-refractivity contribution in [3.05, 3.63) is 28.3 Å². The highest BCUT2D eigenvalue weighted by Crippen LogP contribution is 2.36. The van der Waals surface area contributed by atoms with Crippen molar-refractivity contribution in [2.24, 2.45) is 5.41 Å². The number of halogens is 1. The van der Waals surface area contributed by atoms with Gasteiger partial charge in [0.2, 0.25) is 0 Å². The Morgan fingerprint density at radius 2 is 2.06 bits per heavy atom. The van der Waals surface area contributed by atoms with Crippen LogP contribution in [-0.4, -0.2) is 30.0 Å². The van der Waals surface area contributed by atoms with Crippen molar-refractivity contribution >= 4 is 11.6 Å². The van der Waals surface area contributed by atoms with Gasteiger partial charge in [0.15, 0.2) is 0 Å². The van der Waals surface area contributed by atoms with E-state index in [2.05, 4.69) is 0 Å². The first kappa shape index (κ1) is 12.7. The summed E-state index contributed by atoms with van der Waals surface area (Å²) in [5.74, 6) is 0.877. The van der Waals surface area contributed by atoms with Crippen LogP contribution in [0.25, 0.3) is 0 Å². The van der Waals surface area contributed by atoms with Gasteiger partial charge in [-0.05, 0) is 29.7 Å². The Kier molecular flexibility index (Phi) is 3.61. The topological polar surface area (TPSA) is 49.7 Å². The molecule has 4 heteroatoms. The zero-order valence-electron chi connectivity index (χ0n) is 9.87. The highest BCUT2D eigenvalue weighted by atomic mass is 35.5. The molecule has 1 aromatic rings. The Bertz CT molecular complexity index is 413. The third-order valence-corrected chi connectivity index (χ3v) is 3.42. The molecular weight excluding hydrogens is 240 g/mol. The molecule has 0 radical (unpaired) electrons. The summed E-state index contributed by atoms with van der Waals surface area (Å²) in [6.45, 7) is 2.39. The molecule has 0 amide bonds. The van der Waals surface area contributed by atoms with Gasteiger partial charge in [-0.1, -0.05) is 18.5 Å². The molecule has 0 fully saturated rings. The lowest BCUT2D eigenvalue weighted by atomic mass is 9.84. The molecule has 0 saturated heterocycles. The summed E-state index contributed by atoms with van der Waals surface area (Å²) in [5.41, 5.74) is 1.55. The summed E-state index contributed by atoms with van der Waals surface area (Å²) in [5, 5.41) is 19.3. The smallest absolute Gasteiger partial charge is 0.125 e.